The molecule has 2 aromatic carbocycles. The molecule has 0 aromatic heterocycles. The van der Waals surface area contributed by atoms with Crippen LogP contribution in [0.25, 0.3) is 0 Å². The first-order valence-electron chi connectivity index (χ1n) is 7.81. The van der Waals surface area contributed by atoms with Gasteiger partial charge in [-0.15, -0.1) is 0 Å². The van der Waals surface area contributed by atoms with Gasteiger partial charge in [-0.1, -0.05) is 42.5 Å². The van der Waals surface area contributed by atoms with E-state index in [1.807, 2.05) is 0 Å². The van der Waals surface area contributed by atoms with Crippen molar-refractivity contribution in [3.8, 4) is 0 Å². The minimum atomic E-state index is 0.583. The lowest BCUT2D eigenvalue weighted by molar-refractivity contribution is 0.518. The molecule has 3 heteroatoms. The average molecular weight is 310 g/mol. The van der Waals surface area contributed by atoms with Crippen LogP contribution >= 0.6 is 12.2 Å². The molecule has 114 valence electrons. The van der Waals surface area contributed by atoms with E-state index in [0.717, 1.165) is 23.9 Å². The second-order valence-corrected chi connectivity index (χ2v) is 6.48. The summed E-state index contributed by atoms with van der Waals surface area (Å²) in [5, 5.41) is 4.26. The largest absolute Gasteiger partial charge is 0.348 e. The molecule has 0 saturated carbocycles. The average Bonchev–Trinajstić information content (AvgIpc) is 3.02. The van der Waals surface area contributed by atoms with Crippen molar-refractivity contribution in [2.24, 2.45) is 0 Å². The zero-order valence-corrected chi connectivity index (χ0v) is 14.0. The highest BCUT2D eigenvalue weighted by Crippen LogP contribution is 2.27. The number of thiocarbonyl (C=S) groups is 1. The number of nitrogens with zero attached hydrogens (tertiary/aromatic N) is 1. The zero-order valence-electron chi connectivity index (χ0n) is 13.2. The summed E-state index contributed by atoms with van der Waals surface area (Å²) in [5.74, 6) is 0.583. The summed E-state index contributed by atoms with van der Waals surface area (Å²) >= 11 is 5.62. The van der Waals surface area contributed by atoms with Crippen molar-refractivity contribution in [3.63, 3.8) is 0 Å². The maximum absolute atomic E-state index is 5.62. The van der Waals surface area contributed by atoms with Crippen molar-refractivity contribution >= 4 is 23.0 Å². The van der Waals surface area contributed by atoms with Gasteiger partial charge < -0.3 is 10.2 Å². The van der Waals surface area contributed by atoms with Crippen LogP contribution in [0.1, 0.15) is 29.0 Å². The predicted octanol–water partition coefficient (Wildman–Crippen LogP) is 4.49. The SMILES string of the molecule is Cc1ccc(C)c(NC(=S)N2CC[C@@H](c3ccccc3)C2)c1. The Morgan fingerprint density at radius 3 is 2.68 bits per heavy atom. The molecular weight excluding hydrogens is 288 g/mol. The number of nitrogens with one attached hydrogen (secondary N) is 1. The number of likely N-dealkylation sites (tertiary alicyclic amines) is 1. The van der Waals surface area contributed by atoms with E-state index < -0.39 is 0 Å². The molecule has 0 radical (unpaired) electrons. The Labute approximate surface area is 138 Å². The summed E-state index contributed by atoms with van der Waals surface area (Å²) < 4.78 is 0. The molecule has 1 atom stereocenters. The van der Waals surface area contributed by atoms with Gasteiger partial charge in [0.05, 0.1) is 0 Å². The summed E-state index contributed by atoms with van der Waals surface area (Å²) in [7, 11) is 0. The second kappa shape index (κ2) is 6.49. The van der Waals surface area contributed by atoms with Gasteiger partial charge in [-0.3, -0.25) is 0 Å². The molecule has 22 heavy (non-hydrogen) atoms. The monoisotopic (exact) mass is 310 g/mol. The van der Waals surface area contributed by atoms with E-state index in [9.17, 15) is 0 Å². The molecule has 0 bridgehead atoms. The van der Waals surface area contributed by atoms with Crippen molar-refractivity contribution < 1.29 is 0 Å². The molecule has 1 heterocycles. The lowest BCUT2D eigenvalue weighted by Crippen LogP contribution is -2.32. The van der Waals surface area contributed by atoms with Gasteiger partial charge in [-0.2, -0.15) is 0 Å². The first-order valence-corrected chi connectivity index (χ1v) is 8.22. The van der Waals surface area contributed by atoms with Crippen LogP contribution in [0.15, 0.2) is 48.5 Å². The highest BCUT2D eigenvalue weighted by atomic mass is 32.1. The molecule has 0 aliphatic carbocycles. The molecule has 1 N–H and O–H groups in total. The third kappa shape index (κ3) is 3.30. The van der Waals surface area contributed by atoms with Crippen LogP contribution in [0.2, 0.25) is 0 Å². The van der Waals surface area contributed by atoms with Gasteiger partial charge in [0, 0.05) is 24.7 Å². The number of aryl methyl sites for hydroxylation is 2. The molecule has 1 fully saturated rings. The Hall–Kier alpha value is -1.87. The Balaban J connectivity index is 1.66. The fourth-order valence-electron chi connectivity index (χ4n) is 3.01. The van der Waals surface area contributed by atoms with Crippen LogP contribution in [0, 0.1) is 13.8 Å². The van der Waals surface area contributed by atoms with Crippen molar-refractivity contribution in [2.75, 3.05) is 18.4 Å². The van der Waals surface area contributed by atoms with Gasteiger partial charge in [0.2, 0.25) is 0 Å². The quantitative estimate of drug-likeness (QED) is 0.823. The Morgan fingerprint density at radius 1 is 1.14 bits per heavy atom. The van der Waals surface area contributed by atoms with Crippen molar-refractivity contribution in [3.05, 3.63) is 65.2 Å². The van der Waals surface area contributed by atoms with Crippen LogP contribution in [0.4, 0.5) is 5.69 Å². The van der Waals surface area contributed by atoms with Crippen LogP contribution in [-0.2, 0) is 0 Å². The number of hydrogen-bond acceptors (Lipinski definition) is 1. The summed E-state index contributed by atoms with van der Waals surface area (Å²) in [6.45, 7) is 6.24. The maximum atomic E-state index is 5.62. The molecule has 0 spiro atoms. The molecule has 2 aromatic rings. The Bertz CT molecular complexity index is 666. The zero-order chi connectivity index (χ0) is 15.5. The first kappa shape index (κ1) is 15.0. The van der Waals surface area contributed by atoms with E-state index in [1.165, 1.54) is 23.1 Å². The minimum absolute atomic E-state index is 0.583. The highest BCUT2D eigenvalue weighted by molar-refractivity contribution is 7.80. The van der Waals surface area contributed by atoms with E-state index in [4.69, 9.17) is 12.2 Å². The van der Waals surface area contributed by atoms with Gasteiger partial charge in [0.25, 0.3) is 0 Å². The number of rotatable bonds is 2. The second-order valence-electron chi connectivity index (χ2n) is 6.09. The molecule has 1 aliphatic heterocycles. The third-order valence-electron chi connectivity index (χ3n) is 4.38. The lowest BCUT2D eigenvalue weighted by Gasteiger charge is -2.21. The Kier molecular flexibility index (Phi) is 4.44. The number of hydrogen-bond donors (Lipinski definition) is 1. The molecule has 0 amide bonds. The smallest absolute Gasteiger partial charge is 0.173 e. The first-order chi connectivity index (χ1) is 10.6. The van der Waals surface area contributed by atoms with Crippen LogP contribution in [-0.4, -0.2) is 23.1 Å². The van der Waals surface area contributed by atoms with E-state index in [2.05, 4.69) is 72.6 Å². The molecule has 1 aliphatic rings. The lowest BCUT2D eigenvalue weighted by atomic mass is 9.99. The van der Waals surface area contributed by atoms with Crippen LogP contribution < -0.4 is 5.32 Å². The molecule has 2 nitrogen and oxygen atoms in total. The fourth-order valence-corrected chi connectivity index (χ4v) is 3.28. The molecule has 3 rings (SSSR count). The van der Waals surface area contributed by atoms with Crippen molar-refractivity contribution in [2.45, 2.75) is 26.2 Å². The normalized spacial score (nSPS) is 17.5. The molecule has 1 saturated heterocycles. The topological polar surface area (TPSA) is 15.3 Å². The molecular formula is C19H22N2S. The van der Waals surface area contributed by atoms with Crippen LogP contribution in [0.5, 0.6) is 0 Å². The van der Waals surface area contributed by atoms with Gasteiger partial charge >= 0.3 is 0 Å². The number of benzene rings is 2. The predicted molar refractivity (Wildman–Crippen MR) is 97.5 cm³/mol. The van der Waals surface area contributed by atoms with E-state index in [1.54, 1.807) is 0 Å². The fraction of sp³-hybridized carbons (Fsp3) is 0.316. The van der Waals surface area contributed by atoms with E-state index in [-0.39, 0.29) is 0 Å². The van der Waals surface area contributed by atoms with E-state index in [0.29, 0.717) is 5.92 Å². The van der Waals surface area contributed by atoms with Crippen molar-refractivity contribution in [1.82, 2.24) is 4.90 Å². The summed E-state index contributed by atoms with van der Waals surface area (Å²) in [6, 6.07) is 17.2. The third-order valence-corrected chi connectivity index (χ3v) is 4.74. The van der Waals surface area contributed by atoms with Gasteiger partial charge in [0.1, 0.15) is 0 Å². The minimum Gasteiger partial charge on any atom is -0.348 e. The standard InChI is InChI=1S/C19H22N2S/c1-14-8-9-15(2)18(12-14)20-19(22)21-11-10-17(13-21)16-6-4-3-5-7-16/h3-9,12,17H,10-11,13H2,1-2H3,(H,20,22)/t17-/m1/s1. The van der Waals surface area contributed by atoms with Crippen LogP contribution in [0.3, 0.4) is 0 Å². The van der Waals surface area contributed by atoms with Crippen molar-refractivity contribution in [1.29, 1.82) is 0 Å². The Morgan fingerprint density at radius 2 is 1.91 bits per heavy atom. The van der Waals surface area contributed by atoms with Gasteiger partial charge in [-0.05, 0) is 55.2 Å². The molecule has 0 unspecified atom stereocenters. The highest BCUT2D eigenvalue weighted by Gasteiger charge is 2.25. The number of anilines is 1. The summed E-state index contributed by atoms with van der Waals surface area (Å²) in [5.41, 5.74) is 5.01. The van der Waals surface area contributed by atoms with Gasteiger partial charge in [0.15, 0.2) is 5.11 Å². The summed E-state index contributed by atoms with van der Waals surface area (Å²) in [4.78, 5) is 2.29. The van der Waals surface area contributed by atoms with Gasteiger partial charge in [-0.25, -0.2) is 0 Å². The summed E-state index contributed by atoms with van der Waals surface area (Å²) in [6.07, 6.45) is 1.17. The van der Waals surface area contributed by atoms with E-state index >= 15 is 0 Å². The maximum Gasteiger partial charge on any atom is 0.173 e.